The van der Waals surface area contributed by atoms with Gasteiger partial charge in [0, 0.05) is 37.3 Å². The Kier molecular flexibility index (Phi) is 8.67. The van der Waals surface area contributed by atoms with Crippen molar-refractivity contribution in [2.75, 3.05) is 6.54 Å². The van der Waals surface area contributed by atoms with Crippen LogP contribution < -0.4 is 10.6 Å². The summed E-state index contributed by atoms with van der Waals surface area (Å²) in [7, 11) is 0. The van der Waals surface area contributed by atoms with E-state index in [9.17, 15) is 18.7 Å². The SMILES string of the molecule is CCc1cc(-c2cc(C)ccn2)c2c(c1)[C@H](NC[C@@H](O)[C@H](Cc1cc(F)cc(F)c1)NC(C)=O)CCC2. The molecule has 0 fully saturated rings. The Morgan fingerprint density at radius 2 is 1.89 bits per heavy atom. The van der Waals surface area contributed by atoms with Gasteiger partial charge in [0.15, 0.2) is 0 Å². The molecule has 0 unspecified atom stereocenters. The fourth-order valence-electron chi connectivity index (χ4n) is 5.25. The molecule has 0 spiro atoms. The minimum Gasteiger partial charge on any atom is -0.390 e. The van der Waals surface area contributed by atoms with Crippen LogP contribution in [-0.2, 0) is 24.1 Å². The number of aromatic nitrogens is 1. The first-order chi connectivity index (χ1) is 17.7. The molecule has 3 aromatic rings. The maximum Gasteiger partial charge on any atom is 0.217 e. The van der Waals surface area contributed by atoms with E-state index in [0.29, 0.717) is 5.56 Å². The Balaban J connectivity index is 1.55. The summed E-state index contributed by atoms with van der Waals surface area (Å²) in [5.74, 6) is -1.69. The Morgan fingerprint density at radius 3 is 2.57 bits per heavy atom. The molecule has 0 saturated heterocycles. The summed E-state index contributed by atoms with van der Waals surface area (Å²) in [6.07, 6.45) is 4.79. The molecule has 37 heavy (non-hydrogen) atoms. The van der Waals surface area contributed by atoms with Crippen molar-refractivity contribution in [2.45, 2.75) is 71.1 Å². The first kappa shape index (κ1) is 26.9. The van der Waals surface area contributed by atoms with Gasteiger partial charge in [0.05, 0.1) is 17.8 Å². The molecule has 2 aromatic carbocycles. The van der Waals surface area contributed by atoms with Crippen molar-refractivity contribution in [2.24, 2.45) is 0 Å². The van der Waals surface area contributed by atoms with Gasteiger partial charge in [0.2, 0.25) is 5.91 Å². The van der Waals surface area contributed by atoms with Crippen LogP contribution in [-0.4, -0.2) is 34.7 Å². The average Bonchev–Trinajstić information content (AvgIpc) is 2.85. The molecular formula is C30H35F2N3O2. The molecule has 0 saturated carbocycles. The van der Waals surface area contributed by atoms with Crippen LogP contribution in [0.25, 0.3) is 11.3 Å². The number of carbonyl (C=O) groups excluding carboxylic acids is 1. The van der Waals surface area contributed by atoms with Crippen molar-refractivity contribution in [3.8, 4) is 11.3 Å². The maximum atomic E-state index is 13.7. The number of nitrogens with one attached hydrogen (secondary N) is 2. The van der Waals surface area contributed by atoms with Gasteiger partial charge in [-0.05, 0) is 97.2 Å². The van der Waals surface area contributed by atoms with Crippen molar-refractivity contribution < 1.29 is 18.7 Å². The Morgan fingerprint density at radius 1 is 1.14 bits per heavy atom. The van der Waals surface area contributed by atoms with Gasteiger partial charge < -0.3 is 15.7 Å². The molecule has 1 heterocycles. The number of rotatable bonds is 9. The predicted molar refractivity (Wildman–Crippen MR) is 141 cm³/mol. The summed E-state index contributed by atoms with van der Waals surface area (Å²) in [5, 5.41) is 17.3. The standard InChI is InChI=1S/C30H35F2N3O2/c1-4-20-13-25-24(26(14-20)28-10-18(2)8-9-33-28)6-5-7-27(25)34-17-30(37)29(35-19(3)36)15-21-11-22(31)16-23(32)12-21/h8-14,16,27,29-30,34,37H,4-7,15,17H2,1-3H3,(H,35,36)/t27-,29+,30-/m1/s1. The molecular weight excluding hydrogens is 472 g/mol. The fraction of sp³-hybridized carbons (Fsp3) is 0.400. The summed E-state index contributed by atoms with van der Waals surface area (Å²) in [4.78, 5) is 16.5. The number of aliphatic hydroxyl groups excluding tert-OH is 1. The molecule has 7 heteroatoms. The van der Waals surface area contributed by atoms with Gasteiger partial charge in [-0.15, -0.1) is 0 Å². The van der Waals surface area contributed by atoms with Crippen molar-refractivity contribution in [3.63, 3.8) is 0 Å². The van der Waals surface area contributed by atoms with E-state index in [1.54, 1.807) is 0 Å². The molecule has 3 N–H and O–H groups in total. The average molecular weight is 508 g/mol. The Labute approximate surface area is 217 Å². The lowest BCUT2D eigenvalue weighted by molar-refractivity contribution is -0.120. The van der Waals surface area contributed by atoms with E-state index in [1.807, 2.05) is 12.3 Å². The molecule has 1 aliphatic carbocycles. The predicted octanol–water partition coefficient (Wildman–Crippen LogP) is 4.97. The van der Waals surface area contributed by atoms with Crippen LogP contribution in [0.4, 0.5) is 8.78 Å². The molecule has 4 rings (SSSR count). The van der Waals surface area contributed by atoms with Crippen LogP contribution >= 0.6 is 0 Å². The van der Waals surface area contributed by atoms with E-state index in [1.165, 1.54) is 35.7 Å². The highest BCUT2D eigenvalue weighted by molar-refractivity contribution is 5.73. The minimum atomic E-state index is -0.951. The highest BCUT2D eigenvalue weighted by Crippen LogP contribution is 2.37. The molecule has 1 aliphatic rings. The summed E-state index contributed by atoms with van der Waals surface area (Å²) in [6.45, 7) is 5.79. The molecule has 5 nitrogen and oxygen atoms in total. The van der Waals surface area contributed by atoms with Crippen molar-refractivity contribution in [3.05, 3.63) is 88.1 Å². The van der Waals surface area contributed by atoms with Crippen molar-refractivity contribution in [1.82, 2.24) is 15.6 Å². The number of pyridine rings is 1. The molecule has 0 aliphatic heterocycles. The van der Waals surface area contributed by atoms with Crippen LogP contribution in [0, 0.1) is 18.6 Å². The minimum absolute atomic E-state index is 0.0399. The quantitative estimate of drug-likeness (QED) is 0.382. The smallest absolute Gasteiger partial charge is 0.217 e. The summed E-state index contributed by atoms with van der Waals surface area (Å²) in [6, 6.07) is 11.2. The summed E-state index contributed by atoms with van der Waals surface area (Å²) in [5.41, 5.74) is 7.41. The number of aliphatic hydroxyl groups is 1. The summed E-state index contributed by atoms with van der Waals surface area (Å²) < 4.78 is 27.4. The molecule has 1 aromatic heterocycles. The van der Waals surface area contributed by atoms with Gasteiger partial charge in [0.1, 0.15) is 11.6 Å². The van der Waals surface area contributed by atoms with E-state index in [2.05, 4.69) is 47.7 Å². The zero-order valence-electron chi connectivity index (χ0n) is 21.7. The monoisotopic (exact) mass is 507 g/mol. The van der Waals surface area contributed by atoms with Gasteiger partial charge in [-0.2, -0.15) is 0 Å². The van der Waals surface area contributed by atoms with E-state index >= 15 is 0 Å². The molecule has 0 radical (unpaired) electrons. The van der Waals surface area contributed by atoms with Crippen LogP contribution in [0.1, 0.15) is 60.5 Å². The number of aryl methyl sites for hydroxylation is 2. The molecule has 196 valence electrons. The lowest BCUT2D eigenvalue weighted by Gasteiger charge is -2.31. The number of fused-ring (bicyclic) bond motifs is 1. The van der Waals surface area contributed by atoms with Crippen LogP contribution in [0.15, 0.2) is 48.7 Å². The van der Waals surface area contributed by atoms with E-state index in [0.717, 1.165) is 48.6 Å². The van der Waals surface area contributed by atoms with Gasteiger partial charge in [-0.1, -0.05) is 13.0 Å². The van der Waals surface area contributed by atoms with Gasteiger partial charge in [-0.25, -0.2) is 8.78 Å². The highest BCUT2D eigenvalue weighted by atomic mass is 19.1. The Hall–Kier alpha value is -3.16. The normalized spacial score (nSPS) is 16.6. The van der Waals surface area contributed by atoms with Crippen LogP contribution in [0.3, 0.4) is 0 Å². The third kappa shape index (κ3) is 6.79. The van der Waals surface area contributed by atoms with Crippen molar-refractivity contribution in [1.29, 1.82) is 0 Å². The van der Waals surface area contributed by atoms with Gasteiger partial charge in [0.25, 0.3) is 0 Å². The highest BCUT2D eigenvalue weighted by Gasteiger charge is 2.27. The van der Waals surface area contributed by atoms with Crippen molar-refractivity contribution >= 4 is 5.91 Å². The molecule has 3 atom stereocenters. The number of carbonyl (C=O) groups is 1. The number of benzene rings is 2. The molecule has 0 bridgehead atoms. The number of amides is 1. The summed E-state index contributed by atoms with van der Waals surface area (Å²) >= 11 is 0. The maximum absolute atomic E-state index is 13.7. The first-order valence-electron chi connectivity index (χ1n) is 13.0. The van der Waals surface area contributed by atoms with E-state index < -0.39 is 23.8 Å². The number of halogens is 2. The third-order valence-corrected chi connectivity index (χ3v) is 7.04. The fourth-order valence-corrected chi connectivity index (χ4v) is 5.25. The molecule has 1 amide bonds. The second kappa shape index (κ2) is 11.9. The second-order valence-corrected chi connectivity index (χ2v) is 9.99. The van der Waals surface area contributed by atoms with Crippen LogP contribution in [0.5, 0.6) is 0 Å². The second-order valence-electron chi connectivity index (χ2n) is 9.99. The lowest BCUT2D eigenvalue weighted by Crippen LogP contribution is -2.48. The van der Waals surface area contributed by atoms with E-state index in [-0.39, 0.29) is 24.9 Å². The first-order valence-corrected chi connectivity index (χ1v) is 13.0. The topological polar surface area (TPSA) is 74.2 Å². The Bertz CT molecular complexity index is 1240. The van der Waals surface area contributed by atoms with Gasteiger partial charge >= 0.3 is 0 Å². The third-order valence-electron chi connectivity index (χ3n) is 7.04. The zero-order valence-corrected chi connectivity index (χ0v) is 21.7. The van der Waals surface area contributed by atoms with E-state index in [4.69, 9.17) is 0 Å². The number of hydrogen-bond acceptors (Lipinski definition) is 4. The number of nitrogens with zero attached hydrogens (tertiary/aromatic N) is 1. The number of hydrogen-bond donors (Lipinski definition) is 3. The lowest BCUT2D eigenvalue weighted by atomic mass is 9.82. The largest absolute Gasteiger partial charge is 0.390 e. The zero-order chi connectivity index (χ0) is 26.5. The van der Waals surface area contributed by atoms with Gasteiger partial charge in [-0.3, -0.25) is 9.78 Å². The van der Waals surface area contributed by atoms with Crippen LogP contribution in [0.2, 0.25) is 0 Å².